The van der Waals surface area contributed by atoms with E-state index in [-0.39, 0.29) is 5.91 Å². The Labute approximate surface area is 97.6 Å². The van der Waals surface area contributed by atoms with Gasteiger partial charge in [-0.1, -0.05) is 15.9 Å². The smallest absolute Gasteiger partial charge is 0.265 e. The third kappa shape index (κ3) is 2.79. The molecule has 2 rings (SSSR count). The molecular formula is C11H13BrN2O. The Morgan fingerprint density at radius 3 is 2.40 bits per heavy atom. The number of nitrogens with zero attached hydrogens (tertiary/aromatic N) is 1. The highest BCUT2D eigenvalue weighted by molar-refractivity contribution is 9.10. The predicted octanol–water partition coefficient (Wildman–Crippen LogP) is 2.19. The van der Waals surface area contributed by atoms with E-state index in [1.807, 2.05) is 29.3 Å². The van der Waals surface area contributed by atoms with E-state index in [4.69, 9.17) is 0 Å². The summed E-state index contributed by atoms with van der Waals surface area (Å²) in [5.74, 6) is -0.0237. The normalized spacial score (nSPS) is 16.6. The fourth-order valence-electron chi connectivity index (χ4n) is 1.64. The standard InChI is InChI=1S/C11H13BrN2O/c12-10-5-3-9(4-6-10)11(15)13-14-7-1-2-8-14/h3-6H,1-2,7-8H2,(H,13,15). The quantitative estimate of drug-likeness (QED) is 0.892. The summed E-state index contributed by atoms with van der Waals surface area (Å²) < 4.78 is 0.986. The van der Waals surface area contributed by atoms with Crippen LogP contribution in [-0.4, -0.2) is 24.0 Å². The van der Waals surface area contributed by atoms with Gasteiger partial charge in [0.25, 0.3) is 5.91 Å². The number of amides is 1. The number of benzene rings is 1. The molecule has 1 saturated heterocycles. The maximum Gasteiger partial charge on any atom is 0.265 e. The van der Waals surface area contributed by atoms with Crippen molar-refractivity contribution in [1.29, 1.82) is 0 Å². The van der Waals surface area contributed by atoms with Gasteiger partial charge in [-0.15, -0.1) is 0 Å². The van der Waals surface area contributed by atoms with Gasteiger partial charge in [0.1, 0.15) is 0 Å². The molecule has 1 aromatic rings. The van der Waals surface area contributed by atoms with Gasteiger partial charge in [0.05, 0.1) is 0 Å². The summed E-state index contributed by atoms with van der Waals surface area (Å²) in [5, 5.41) is 1.98. The fourth-order valence-corrected chi connectivity index (χ4v) is 1.90. The lowest BCUT2D eigenvalue weighted by atomic mass is 10.2. The minimum absolute atomic E-state index is 0.0237. The SMILES string of the molecule is O=C(NN1CCCC1)c1ccc(Br)cc1. The van der Waals surface area contributed by atoms with Crippen molar-refractivity contribution in [2.45, 2.75) is 12.8 Å². The van der Waals surface area contributed by atoms with Crippen molar-refractivity contribution in [2.75, 3.05) is 13.1 Å². The summed E-state index contributed by atoms with van der Waals surface area (Å²) >= 11 is 3.34. The zero-order chi connectivity index (χ0) is 10.7. The maximum absolute atomic E-state index is 11.7. The van der Waals surface area contributed by atoms with Crippen LogP contribution in [0.1, 0.15) is 23.2 Å². The lowest BCUT2D eigenvalue weighted by Gasteiger charge is -2.15. The highest BCUT2D eigenvalue weighted by Gasteiger charge is 2.14. The molecule has 0 unspecified atom stereocenters. The van der Waals surface area contributed by atoms with E-state index in [9.17, 15) is 4.79 Å². The second kappa shape index (κ2) is 4.77. The molecule has 1 amide bonds. The Kier molecular flexibility index (Phi) is 3.38. The Morgan fingerprint density at radius 1 is 1.20 bits per heavy atom. The van der Waals surface area contributed by atoms with E-state index >= 15 is 0 Å². The third-order valence-corrected chi connectivity index (χ3v) is 3.00. The van der Waals surface area contributed by atoms with E-state index in [0.29, 0.717) is 5.56 Å². The molecule has 0 radical (unpaired) electrons. The van der Waals surface area contributed by atoms with E-state index in [2.05, 4.69) is 21.4 Å². The molecule has 1 fully saturated rings. The predicted molar refractivity (Wildman–Crippen MR) is 62.4 cm³/mol. The summed E-state index contributed by atoms with van der Waals surface area (Å²) in [6.45, 7) is 1.92. The van der Waals surface area contributed by atoms with Crippen LogP contribution in [0.4, 0.5) is 0 Å². The first kappa shape index (κ1) is 10.6. The van der Waals surface area contributed by atoms with Crippen LogP contribution in [0, 0.1) is 0 Å². The van der Waals surface area contributed by atoms with Crippen LogP contribution in [-0.2, 0) is 0 Å². The first-order valence-corrected chi connectivity index (χ1v) is 5.86. The number of carbonyl (C=O) groups excluding carboxylic acids is 1. The number of hydrazine groups is 1. The second-order valence-electron chi connectivity index (χ2n) is 3.64. The van der Waals surface area contributed by atoms with E-state index in [1.54, 1.807) is 0 Å². The van der Waals surface area contributed by atoms with Crippen LogP contribution < -0.4 is 5.43 Å². The van der Waals surface area contributed by atoms with Gasteiger partial charge in [-0.05, 0) is 37.1 Å². The molecule has 1 N–H and O–H groups in total. The molecule has 1 aliphatic rings. The largest absolute Gasteiger partial charge is 0.285 e. The molecule has 0 atom stereocenters. The number of rotatable bonds is 2. The Hall–Kier alpha value is -0.870. The Balaban J connectivity index is 1.98. The molecule has 0 aliphatic carbocycles. The van der Waals surface area contributed by atoms with Gasteiger partial charge in [0, 0.05) is 23.1 Å². The summed E-state index contributed by atoms with van der Waals surface area (Å²) in [6.07, 6.45) is 2.33. The van der Waals surface area contributed by atoms with Crippen molar-refractivity contribution in [3.8, 4) is 0 Å². The van der Waals surface area contributed by atoms with Crippen molar-refractivity contribution < 1.29 is 4.79 Å². The molecule has 80 valence electrons. The van der Waals surface area contributed by atoms with Gasteiger partial charge in [-0.25, -0.2) is 5.01 Å². The maximum atomic E-state index is 11.7. The molecule has 4 heteroatoms. The number of halogens is 1. The van der Waals surface area contributed by atoms with Crippen molar-refractivity contribution in [2.24, 2.45) is 0 Å². The average molecular weight is 269 g/mol. The first-order chi connectivity index (χ1) is 7.25. The minimum Gasteiger partial charge on any atom is -0.285 e. The van der Waals surface area contributed by atoms with Gasteiger partial charge < -0.3 is 0 Å². The molecule has 3 nitrogen and oxygen atoms in total. The molecule has 0 bridgehead atoms. The summed E-state index contributed by atoms with van der Waals surface area (Å²) in [6, 6.07) is 7.38. The summed E-state index contributed by atoms with van der Waals surface area (Å²) in [7, 11) is 0. The fraction of sp³-hybridized carbons (Fsp3) is 0.364. The lowest BCUT2D eigenvalue weighted by molar-refractivity contribution is 0.0826. The van der Waals surface area contributed by atoms with Crippen LogP contribution in [0.3, 0.4) is 0 Å². The first-order valence-electron chi connectivity index (χ1n) is 5.07. The Morgan fingerprint density at radius 2 is 1.80 bits per heavy atom. The van der Waals surface area contributed by atoms with Gasteiger partial charge in [-0.3, -0.25) is 10.2 Å². The summed E-state index contributed by atoms with van der Waals surface area (Å²) in [4.78, 5) is 11.7. The van der Waals surface area contributed by atoms with E-state index in [1.165, 1.54) is 12.8 Å². The van der Waals surface area contributed by atoms with Crippen molar-refractivity contribution in [3.63, 3.8) is 0 Å². The zero-order valence-corrected chi connectivity index (χ0v) is 9.96. The molecule has 0 saturated carbocycles. The van der Waals surface area contributed by atoms with Crippen LogP contribution in [0.25, 0.3) is 0 Å². The van der Waals surface area contributed by atoms with E-state index in [0.717, 1.165) is 17.6 Å². The molecule has 0 aromatic heterocycles. The van der Waals surface area contributed by atoms with Crippen LogP contribution in [0.15, 0.2) is 28.7 Å². The van der Waals surface area contributed by atoms with Crippen LogP contribution in [0.2, 0.25) is 0 Å². The minimum atomic E-state index is -0.0237. The number of carbonyl (C=O) groups is 1. The molecule has 1 aliphatic heterocycles. The molecule has 1 aromatic carbocycles. The van der Waals surface area contributed by atoms with Gasteiger partial charge >= 0.3 is 0 Å². The molecule has 1 heterocycles. The second-order valence-corrected chi connectivity index (χ2v) is 4.56. The topological polar surface area (TPSA) is 32.3 Å². The highest BCUT2D eigenvalue weighted by Crippen LogP contribution is 2.11. The third-order valence-electron chi connectivity index (χ3n) is 2.47. The van der Waals surface area contributed by atoms with Crippen LogP contribution >= 0.6 is 15.9 Å². The van der Waals surface area contributed by atoms with Gasteiger partial charge in [0.2, 0.25) is 0 Å². The monoisotopic (exact) mass is 268 g/mol. The van der Waals surface area contributed by atoms with Crippen molar-refractivity contribution in [1.82, 2.24) is 10.4 Å². The molecular weight excluding hydrogens is 256 g/mol. The van der Waals surface area contributed by atoms with Crippen LogP contribution in [0.5, 0.6) is 0 Å². The zero-order valence-electron chi connectivity index (χ0n) is 8.37. The van der Waals surface area contributed by atoms with Gasteiger partial charge in [-0.2, -0.15) is 0 Å². The molecule has 0 spiro atoms. The average Bonchev–Trinajstić information content (AvgIpc) is 2.71. The van der Waals surface area contributed by atoms with Crippen molar-refractivity contribution in [3.05, 3.63) is 34.3 Å². The van der Waals surface area contributed by atoms with Gasteiger partial charge in [0.15, 0.2) is 0 Å². The lowest BCUT2D eigenvalue weighted by Crippen LogP contribution is -2.39. The molecule has 15 heavy (non-hydrogen) atoms. The summed E-state index contributed by atoms with van der Waals surface area (Å²) in [5.41, 5.74) is 3.59. The number of nitrogens with one attached hydrogen (secondary N) is 1. The number of hydrogen-bond donors (Lipinski definition) is 1. The highest BCUT2D eigenvalue weighted by atomic mass is 79.9. The van der Waals surface area contributed by atoms with Crippen molar-refractivity contribution >= 4 is 21.8 Å². The van der Waals surface area contributed by atoms with E-state index < -0.39 is 0 Å². The Bertz CT molecular complexity index is 344. The number of hydrogen-bond acceptors (Lipinski definition) is 2.